The lowest BCUT2D eigenvalue weighted by atomic mass is 10.2. The summed E-state index contributed by atoms with van der Waals surface area (Å²) in [5.74, 6) is 0.107. The lowest BCUT2D eigenvalue weighted by molar-refractivity contribution is -0.140. The van der Waals surface area contributed by atoms with Gasteiger partial charge < -0.3 is 4.74 Å². The molecule has 0 aliphatic heterocycles. The van der Waals surface area contributed by atoms with Crippen LogP contribution in [0, 0.1) is 0 Å². The fraction of sp³-hybridized carbons (Fsp3) is 0.429. The Morgan fingerprint density at radius 1 is 1.33 bits per heavy atom. The van der Waals surface area contributed by atoms with Crippen LogP contribution in [0.5, 0.6) is 0 Å². The van der Waals surface area contributed by atoms with Gasteiger partial charge in [-0.2, -0.15) is 0 Å². The minimum Gasteiger partial charge on any atom is -0.465 e. The Kier molecular flexibility index (Phi) is 6.50. The number of carbonyl (C=O) groups excluding carboxylic acids is 2. The fourth-order valence-electron chi connectivity index (χ4n) is 1.32. The largest absolute Gasteiger partial charge is 0.465 e. The van der Waals surface area contributed by atoms with Gasteiger partial charge in [0.1, 0.15) is 0 Å². The third-order valence-corrected chi connectivity index (χ3v) is 3.33. The molecule has 0 bridgehead atoms. The second-order valence-corrected chi connectivity index (χ2v) is 5.00. The van der Waals surface area contributed by atoms with Crippen LogP contribution in [0.25, 0.3) is 0 Å². The van der Waals surface area contributed by atoms with E-state index >= 15 is 0 Å². The number of benzene rings is 1. The Hall–Kier alpha value is -1.29. The molecule has 1 aromatic rings. The SMILES string of the molecule is CCCCOC(=O)CSc1cccc(C(C)=O)c1. The van der Waals surface area contributed by atoms with Gasteiger partial charge in [-0.25, -0.2) is 0 Å². The van der Waals surface area contributed by atoms with Crippen LogP contribution in [0.1, 0.15) is 37.0 Å². The highest BCUT2D eigenvalue weighted by Gasteiger charge is 2.05. The Labute approximate surface area is 112 Å². The summed E-state index contributed by atoms with van der Waals surface area (Å²) in [6.45, 7) is 4.07. The van der Waals surface area contributed by atoms with Crippen molar-refractivity contribution >= 4 is 23.5 Å². The van der Waals surface area contributed by atoms with Crippen LogP contribution in [-0.2, 0) is 9.53 Å². The predicted octanol–water partition coefficient (Wildman–Crippen LogP) is 3.32. The summed E-state index contributed by atoms with van der Waals surface area (Å²) in [5.41, 5.74) is 0.666. The van der Waals surface area contributed by atoms with Gasteiger partial charge >= 0.3 is 5.97 Å². The molecule has 0 aromatic heterocycles. The molecule has 0 radical (unpaired) electrons. The van der Waals surface area contributed by atoms with Crippen LogP contribution < -0.4 is 0 Å². The first-order valence-electron chi connectivity index (χ1n) is 6.03. The number of ketones is 1. The minimum atomic E-state index is -0.207. The second-order valence-electron chi connectivity index (χ2n) is 3.95. The maximum atomic E-state index is 11.4. The number of thioether (sulfide) groups is 1. The van der Waals surface area contributed by atoms with Crippen molar-refractivity contribution in [3.8, 4) is 0 Å². The number of carbonyl (C=O) groups is 2. The van der Waals surface area contributed by atoms with E-state index in [1.807, 2.05) is 12.1 Å². The van der Waals surface area contributed by atoms with E-state index in [4.69, 9.17) is 4.74 Å². The quantitative estimate of drug-likeness (QED) is 0.328. The van der Waals surface area contributed by atoms with Crippen molar-refractivity contribution in [3.63, 3.8) is 0 Å². The van der Waals surface area contributed by atoms with Gasteiger partial charge in [0, 0.05) is 10.5 Å². The van der Waals surface area contributed by atoms with Gasteiger partial charge in [0.25, 0.3) is 0 Å². The highest BCUT2D eigenvalue weighted by Crippen LogP contribution is 2.19. The van der Waals surface area contributed by atoms with Crippen LogP contribution in [0.3, 0.4) is 0 Å². The molecule has 1 aromatic carbocycles. The third-order valence-electron chi connectivity index (χ3n) is 2.36. The van der Waals surface area contributed by atoms with Crippen molar-refractivity contribution in [2.75, 3.05) is 12.4 Å². The zero-order valence-corrected chi connectivity index (χ0v) is 11.6. The molecule has 0 saturated heterocycles. The van der Waals surface area contributed by atoms with Gasteiger partial charge in [0.15, 0.2) is 5.78 Å². The molecule has 0 aliphatic carbocycles. The van der Waals surface area contributed by atoms with Crippen molar-refractivity contribution < 1.29 is 14.3 Å². The maximum absolute atomic E-state index is 11.4. The van der Waals surface area contributed by atoms with Crippen LogP contribution in [0.15, 0.2) is 29.2 Å². The van der Waals surface area contributed by atoms with Gasteiger partial charge in [-0.1, -0.05) is 25.5 Å². The molecule has 0 aliphatic rings. The van der Waals surface area contributed by atoms with Gasteiger partial charge in [-0.3, -0.25) is 9.59 Å². The lowest BCUT2D eigenvalue weighted by Gasteiger charge is -2.04. The molecule has 1 rings (SSSR count). The Morgan fingerprint density at radius 3 is 2.78 bits per heavy atom. The van der Waals surface area contributed by atoms with E-state index < -0.39 is 0 Å². The van der Waals surface area contributed by atoms with E-state index in [0.29, 0.717) is 12.2 Å². The molecule has 18 heavy (non-hydrogen) atoms. The highest BCUT2D eigenvalue weighted by molar-refractivity contribution is 8.00. The molecular weight excluding hydrogens is 248 g/mol. The molecule has 98 valence electrons. The molecule has 4 heteroatoms. The lowest BCUT2D eigenvalue weighted by Crippen LogP contribution is -2.08. The van der Waals surface area contributed by atoms with E-state index in [-0.39, 0.29) is 17.5 Å². The van der Waals surface area contributed by atoms with Crippen LogP contribution in [-0.4, -0.2) is 24.1 Å². The summed E-state index contributed by atoms with van der Waals surface area (Å²) < 4.78 is 5.06. The average Bonchev–Trinajstić information content (AvgIpc) is 2.37. The van der Waals surface area contributed by atoms with Crippen molar-refractivity contribution in [1.82, 2.24) is 0 Å². The standard InChI is InChI=1S/C14H18O3S/c1-3-4-8-17-14(16)10-18-13-7-5-6-12(9-13)11(2)15/h5-7,9H,3-4,8,10H2,1-2H3. The first-order chi connectivity index (χ1) is 8.63. The average molecular weight is 266 g/mol. The number of esters is 1. The smallest absolute Gasteiger partial charge is 0.316 e. The summed E-state index contributed by atoms with van der Waals surface area (Å²) in [5, 5.41) is 0. The molecular formula is C14H18O3S. The van der Waals surface area contributed by atoms with Gasteiger partial charge in [-0.05, 0) is 25.5 Å². The Bertz CT molecular complexity index is 415. The van der Waals surface area contributed by atoms with Crippen LogP contribution in [0.4, 0.5) is 0 Å². The van der Waals surface area contributed by atoms with E-state index in [1.54, 1.807) is 12.1 Å². The normalized spacial score (nSPS) is 10.1. The molecule has 3 nitrogen and oxygen atoms in total. The fourth-order valence-corrected chi connectivity index (χ4v) is 2.07. The highest BCUT2D eigenvalue weighted by atomic mass is 32.2. The number of hydrogen-bond acceptors (Lipinski definition) is 4. The van der Waals surface area contributed by atoms with Gasteiger partial charge in [0.2, 0.25) is 0 Å². The summed E-state index contributed by atoms with van der Waals surface area (Å²) >= 11 is 1.39. The van der Waals surface area contributed by atoms with E-state index in [1.165, 1.54) is 18.7 Å². The molecule has 0 amide bonds. The van der Waals surface area contributed by atoms with E-state index in [9.17, 15) is 9.59 Å². The molecule has 0 saturated carbocycles. The summed E-state index contributed by atoms with van der Waals surface area (Å²) in [4.78, 5) is 23.5. The monoisotopic (exact) mass is 266 g/mol. The molecule has 0 spiro atoms. The van der Waals surface area contributed by atoms with Gasteiger partial charge in [0.05, 0.1) is 12.4 Å². The van der Waals surface area contributed by atoms with Crippen molar-refractivity contribution in [3.05, 3.63) is 29.8 Å². The topological polar surface area (TPSA) is 43.4 Å². The summed E-state index contributed by atoms with van der Waals surface area (Å²) in [6, 6.07) is 7.27. The zero-order chi connectivity index (χ0) is 13.4. The van der Waals surface area contributed by atoms with Crippen LogP contribution >= 0.6 is 11.8 Å². The number of unbranched alkanes of at least 4 members (excludes halogenated alkanes) is 1. The molecule has 0 fully saturated rings. The minimum absolute atomic E-state index is 0.0305. The number of Topliss-reactive ketones (excluding diaryl/α,β-unsaturated/α-hetero) is 1. The predicted molar refractivity (Wildman–Crippen MR) is 73.0 cm³/mol. The molecule has 0 atom stereocenters. The van der Waals surface area contributed by atoms with Crippen molar-refractivity contribution in [2.24, 2.45) is 0 Å². The second kappa shape index (κ2) is 7.93. The van der Waals surface area contributed by atoms with Crippen molar-refractivity contribution in [1.29, 1.82) is 0 Å². The van der Waals surface area contributed by atoms with Crippen LogP contribution in [0.2, 0.25) is 0 Å². The van der Waals surface area contributed by atoms with E-state index in [0.717, 1.165) is 17.7 Å². The summed E-state index contributed by atoms with van der Waals surface area (Å²) in [7, 11) is 0. The molecule has 0 heterocycles. The van der Waals surface area contributed by atoms with Crippen molar-refractivity contribution in [2.45, 2.75) is 31.6 Å². The van der Waals surface area contributed by atoms with E-state index in [2.05, 4.69) is 6.92 Å². The molecule has 0 N–H and O–H groups in total. The first-order valence-corrected chi connectivity index (χ1v) is 7.01. The molecule has 0 unspecified atom stereocenters. The Morgan fingerprint density at radius 2 is 2.11 bits per heavy atom. The number of rotatable bonds is 7. The van der Waals surface area contributed by atoms with Gasteiger partial charge in [-0.15, -0.1) is 11.8 Å². The maximum Gasteiger partial charge on any atom is 0.316 e. The number of hydrogen-bond donors (Lipinski definition) is 0. The summed E-state index contributed by atoms with van der Waals surface area (Å²) in [6.07, 6.45) is 1.91. The third kappa shape index (κ3) is 5.36. The number of ether oxygens (including phenoxy) is 1. The zero-order valence-electron chi connectivity index (χ0n) is 10.8. The Balaban J connectivity index is 2.41. The first kappa shape index (κ1) is 14.8.